The van der Waals surface area contributed by atoms with E-state index in [1.54, 1.807) is 0 Å². The fourth-order valence-electron chi connectivity index (χ4n) is 2.42. The van der Waals surface area contributed by atoms with E-state index in [0.29, 0.717) is 5.92 Å². The van der Waals surface area contributed by atoms with E-state index < -0.39 is 0 Å². The van der Waals surface area contributed by atoms with E-state index in [9.17, 15) is 0 Å². The van der Waals surface area contributed by atoms with Crippen LogP contribution in [0, 0.1) is 0 Å². The molecule has 2 aromatic rings. The second-order valence-electron chi connectivity index (χ2n) is 4.86. The highest BCUT2D eigenvalue weighted by Gasteiger charge is 2.17. The Morgan fingerprint density at radius 1 is 0.947 bits per heavy atom. The monoisotopic (exact) mass is 317 g/mol. The largest absolute Gasteiger partial charge is 0.317 e. The molecule has 3 nitrogen and oxygen atoms in total. The maximum atomic E-state index is 4.55. The third kappa shape index (κ3) is 3.01. The van der Waals surface area contributed by atoms with Gasteiger partial charge in [0.1, 0.15) is 5.82 Å². The summed E-state index contributed by atoms with van der Waals surface area (Å²) in [7, 11) is 0. The topological polar surface area (TPSA) is 37.8 Å². The van der Waals surface area contributed by atoms with E-state index in [4.69, 9.17) is 0 Å². The molecule has 3 rings (SSSR count). The van der Waals surface area contributed by atoms with Crippen LogP contribution in [-0.2, 0) is 0 Å². The number of aromatic nitrogens is 2. The van der Waals surface area contributed by atoms with Crippen molar-refractivity contribution >= 4 is 15.9 Å². The molecule has 4 heteroatoms. The van der Waals surface area contributed by atoms with Crippen LogP contribution in [0.1, 0.15) is 24.6 Å². The zero-order chi connectivity index (χ0) is 13.1. The molecular weight excluding hydrogens is 302 g/mol. The van der Waals surface area contributed by atoms with Gasteiger partial charge >= 0.3 is 0 Å². The number of halogens is 1. The van der Waals surface area contributed by atoms with Crippen molar-refractivity contribution in [1.29, 1.82) is 0 Å². The molecule has 1 aliphatic rings. The van der Waals surface area contributed by atoms with Crippen molar-refractivity contribution in [3.63, 3.8) is 0 Å². The molecule has 1 fully saturated rings. The number of rotatable bonds is 2. The second-order valence-corrected chi connectivity index (χ2v) is 5.78. The van der Waals surface area contributed by atoms with E-state index in [2.05, 4.69) is 43.3 Å². The van der Waals surface area contributed by atoms with Gasteiger partial charge in [0.25, 0.3) is 0 Å². The van der Waals surface area contributed by atoms with Gasteiger partial charge in [-0.3, -0.25) is 0 Å². The van der Waals surface area contributed by atoms with Crippen LogP contribution in [-0.4, -0.2) is 23.1 Å². The van der Waals surface area contributed by atoms with Crippen molar-refractivity contribution in [2.24, 2.45) is 0 Å². The lowest BCUT2D eigenvalue weighted by Gasteiger charge is -2.21. The second kappa shape index (κ2) is 5.80. The van der Waals surface area contributed by atoms with E-state index in [0.717, 1.165) is 47.4 Å². The predicted molar refractivity (Wildman–Crippen MR) is 80.0 cm³/mol. The zero-order valence-electron chi connectivity index (χ0n) is 10.6. The molecule has 98 valence electrons. The summed E-state index contributed by atoms with van der Waals surface area (Å²) in [6.45, 7) is 2.14. The lowest BCUT2D eigenvalue weighted by atomic mass is 9.97. The molecule has 0 radical (unpaired) electrons. The third-order valence-corrected chi connectivity index (χ3v) is 4.08. The van der Waals surface area contributed by atoms with Crippen molar-refractivity contribution < 1.29 is 0 Å². The maximum absolute atomic E-state index is 4.55. The Labute approximate surface area is 121 Å². The summed E-state index contributed by atoms with van der Waals surface area (Å²) in [5.41, 5.74) is 2.23. The van der Waals surface area contributed by atoms with E-state index in [-0.39, 0.29) is 0 Å². The molecule has 1 N–H and O–H groups in total. The first kappa shape index (κ1) is 12.8. The van der Waals surface area contributed by atoms with Crippen LogP contribution < -0.4 is 5.32 Å². The fraction of sp³-hybridized carbons (Fsp3) is 0.333. The Bertz CT molecular complexity index is 530. The summed E-state index contributed by atoms with van der Waals surface area (Å²) in [6, 6.07) is 8.23. The van der Waals surface area contributed by atoms with Crippen LogP contribution in [0.2, 0.25) is 0 Å². The lowest BCUT2D eigenvalue weighted by molar-refractivity contribution is 0.445. The molecular formula is C15H16BrN3. The number of piperidine rings is 1. The van der Waals surface area contributed by atoms with Gasteiger partial charge in [0.2, 0.25) is 0 Å². The highest BCUT2D eigenvalue weighted by molar-refractivity contribution is 9.10. The van der Waals surface area contributed by atoms with Gasteiger partial charge in [0, 0.05) is 28.3 Å². The Kier molecular flexibility index (Phi) is 3.89. The normalized spacial score (nSPS) is 16.5. The fourth-order valence-corrected chi connectivity index (χ4v) is 2.68. The van der Waals surface area contributed by atoms with Gasteiger partial charge in [-0.2, -0.15) is 0 Å². The SMILES string of the molecule is Brc1ccc(-c2cnc(C3CCNCC3)nc2)cc1. The number of hydrogen-bond donors (Lipinski definition) is 1. The van der Waals surface area contributed by atoms with E-state index in [1.807, 2.05) is 24.5 Å². The predicted octanol–water partition coefficient (Wildman–Crippen LogP) is 3.37. The molecule has 0 amide bonds. The standard InChI is InChI=1S/C15H16BrN3/c16-14-3-1-11(2-4-14)13-9-18-15(19-10-13)12-5-7-17-8-6-12/h1-4,9-10,12,17H,5-8H2. The smallest absolute Gasteiger partial charge is 0.131 e. The number of nitrogens with one attached hydrogen (secondary N) is 1. The van der Waals surface area contributed by atoms with Crippen LogP contribution in [0.25, 0.3) is 11.1 Å². The Balaban J connectivity index is 1.80. The van der Waals surface area contributed by atoms with Crippen molar-refractivity contribution in [3.8, 4) is 11.1 Å². The first-order chi connectivity index (χ1) is 9.33. The van der Waals surface area contributed by atoms with Gasteiger partial charge in [-0.15, -0.1) is 0 Å². The summed E-state index contributed by atoms with van der Waals surface area (Å²) in [6.07, 6.45) is 6.15. The number of hydrogen-bond acceptors (Lipinski definition) is 3. The van der Waals surface area contributed by atoms with Crippen molar-refractivity contribution in [2.75, 3.05) is 13.1 Å². The van der Waals surface area contributed by atoms with Gasteiger partial charge in [-0.05, 0) is 43.6 Å². The molecule has 0 atom stereocenters. The van der Waals surface area contributed by atoms with Crippen LogP contribution in [0.3, 0.4) is 0 Å². The average molecular weight is 318 g/mol. The van der Waals surface area contributed by atoms with Crippen molar-refractivity contribution in [3.05, 3.63) is 47.0 Å². The molecule has 1 aromatic carbocycles. The van der Waals surface area contributed by atoms with E-state index >= 15 is 0 Å². The molecule has 1 saturated heterocycles. The Hall–Kier alpha value is -1.26. The Morgan fingerprint density at radius 2 is 1.58 bits per heavy atom. The van der Waals surface area contributed by atoms with Crippen LogP contribution in [0.15, 0.2) is 41.1 Å². The van der Waals surface area contributed by atoms with Gasteiger partial charge in [0.15, 0.2) is 0 Å². The highest BCUT2D eigenvalue weighted by Crippen LogP contribution is 2.24. The number of nitrogens with zero attached hydrogens (tertiary/aromatic N) is 2. The molecule has 0 bridgehead atoms. The molecule has 0 saturated carbocycles. The summed E-state index contributed by atoms with van der Waals surface area (Å²) < 4.78 is 1.09. The quantitative estimate of drug-likeness (QED) is 0.922. The van der Waals surface area contributed by atoms with Gasteiger partial charge in [0.05, 0.1) is 0 Å². The highest BCUT2D eigenvalue weighted by atomic mass is 79.9. The molecule has 0 spiro atoms. The van der Waals surface area contributed by atoms with Crippen LogP contribution >= 0.6 is 15.9 Å². The summed E-state index contributed by atoms with van der Waals surface area (Å²) in [5, 5.41) is 3.37. The summed E-state index contributed by atoms with van der Waals surface area (Å²) in [5.74, 6) is 1.50. The minimum atomic E-state index is 0.514. The van der Waals surface area contributed by atoms with Crippen molar-refractivity contribution in [1.82, 2.24) is 15.3 Å². The minimum absolute atomic E-state index is 0.514. The Morgan fingerprint density at radius 3 is 2.21 bits per heavy atom. The van der Waals surface area contributed by atoms with Crippen molar-refractivity contribution in [2.45, 2.75) is 18.8 Å². The zero-order valence-corrected chi connectivity index (χ0v) is 12.2. The molecule has 2 heterocycles. The molecule has 1 aromatic heterocycles. The summed E-state index contributed by atoms with van der Waals surface area (Å²) >= 11 is 3.44. The first-order valence-corrected chi connectivity index (χ1v) is 7.41. The van der Waals surface area contributed by atoms with E-state index in [1.165, 1.54) is 0 Å². The molecule has 19 heavy (non-hydrogen) atoms. The molecule has 1 aliphatic heterocycles. The van der Waals surface area contributed by atoms with Gasteiger partial charge in [-0.1, -0.05) is 28.1 Å². The lowest BCUT2D eigenvalue weighted by Crippen LogP contribution is -2.27. The first-order valence-electron chi connectivity index (χ1n) is 6.61. The molecule has 0 unspecified atom stereocenters. The average Bonchev–Trinajstić information content (AvgIpc) is 2.49. The third-order valence-electron chi connectivity index (χ3n) is 3.55. The van der Waals surface area contributed by atoms with Crippen LogP contribution in [0.5, 0.6) is 0 Å². The van der Waals surface area contributed by atoms with Gasteiger partial charge in [-0.25, -0.2) is 9.97 Å². The summed E-state index contributed by atoms with van der Waals surface area (Å²) in [4.78, 5) is 9.10. The molecule has 0 aliphatic carbocycles. The number of benzene rings is 1. The van der Waals surface area contributed by atoms with Gasteiger partial charge < -0.3 is 5.32 Å². The van der Waals surface area contributed by atoms with Crippen LogP contribution in [0.4, 0.5) is 0 Å². The minimum Gasteiger partial charge on any atom is -0.317 e. The maximum Gasteiger partial charge on any atom is 0.131 e.